The maximum atomic E-state index is 12.8. The van der Waals surface area contributed by atoms with Gasteiger partial charge >= 0.3 is 12.1 Å². The molecule has 2 heterocycles. The van der Waals surface area contributed by atoms with Gasteiger partial charge in [0.05, 0.1) is 24.6 Å². The van der Waals surface area contributed by atoms with Crippen molar-refractivity contribution < 1.29 is 27.8 Å². The molecule has 5 nitrogen and oxygen atoms in total. The second kappa shape index (κ2) is 8.24. The number of aliphatic carboxylic acids is 1. The standard InChI is InChI=1S/C22H23F3N2O3/c23-22(24,25)16-3-1-13(2-4-16)12-30-17-7-15(10-26-11-17)14-5-6-27-20(8-14)18-9-19(18)21(28)29/h5-8,10-11,13,16,18-19H,1-4,9,12H2,(H,28,29)/t13?,16?,18-,19-/m1/s1. The molecule has 8 heteroatoms. The molecule has 0 bridgehead atoms. The maximum absolute atomic E-state index is 12.8. The first-order valence-electron chi connectivity index (χ1n) is 10.1. The molecule has 0 spiro atoms. The molecule has 0 aromatic carbocycles. The van der Waals surface area contributed by atoms with E-state index in [1.165, 1.54) is 0 Å². The Bertz CT molecular complexity index is 910. The van der Waals surface area contributed by atoms with Crippen LogP contribution in [0, 0.1) is 17.8 Å². The molecule has 0 saturated heterocycles. The highest BCUT2D eigenvalue weighted by molar-refractivity contribution is 5.75. The van der Waals surface area contributed by atoms with E-state index in [1.54, 1.807) is 18.6 Å². The number of pyridine rings is 2. The predicted molar refractivity (Wildman–Crippen MR) is 103 cm³/mol. The summed E-state index contributed by atoms with van der Waals surface area (Å²) in [6.45, 7) is 0.375. The number of alkyl halides is 3. The topological polar surface area (TPSA) is 72.3 Å². The van der Waals surface area contributed by atoms with Gasteiger partial charge in [-0.25, -0.2) is 0 Å². The fourth-order valence-electron chi connectivity index (χ4n) is 4.15. The summed E-state index contributed by atoms with van der Waals surface area (Å²) in [5, 5.41) is 9.12. The molecule has 2 aromatic rings. The van der Waals surface area contributed by atoms with Crippen LogP contribution < -0.4 is 4.74 Å². The molecule has 160 valence electrons. The Balaban J connectivity index is 1.36. The second-order valence-corrected chi connectivity index (χ2v) is 8.24. The van der Waals surface area contributed by atoms with Gasteiger partial charge in [0.25, 0.3) is 0 Å². The van der Waals surface area contributed by atoms with Gasteiger partial charge in [-0.15, -0.1) is 0 Å². The second-order valence-electron chi connectivity index (χ2n) is 8.24. The minimum Gasteiger partial charge on any atom is -0.492 e. The fourth-order valence-corrected chi connectivity index (χ4v) is 4.15. The van der Waals surface area contributed by atoms with Gasteiger partial charge in [-0.2, -0.15) is 13.2 Å². The molecule has 2 aliphatic carbocycles. The maximum Gasteiger partial charge on any atom is 0.391 e. The zero-order valence-electron chi connectivity index (χ0n) is 16.3. The van der Waals surface area contributed by atoms with E-state index in [-0.39, 0.29) is 30.6 Å². The van der Waals surface area contributed by atoms with Gasteiger partial charge < -0.3 is 9.84 Å². The molecule has 0 unspecified atom stereocenters. The Morgan fingerprint density at radius 2 is 1.90 bits per heavy atom. The Morgan fingerprint density at radius 1 is 1.13 bits per heavy atom. The highest BCUT2D eigenvalue weighted by atomic mass is 19.4. The minimum absolute atomic E-state index is 0.0540. The summed E-state index contributed by atoms with van der Waals surface area (Å²) in [5.74, 6) is -1.73. The Morgan fingerprint density at radius 3 is 2.57 bits per heavy atom. The van der Waals surface area contributed by atoms with Crippen LogP contribution >= 0.6 is 0 Å². The van der Waals surface area contributed by atoms with E-state index in [0.29, 0.717) is 31.6 Å². The number of rotatable bonds is 6. The van der Waals surface area contributed by atoms with Crippen molar-refractivity contribution in [1.29, 1.82) is 0 Å². The van der Waals surface area contributed by atoms with Crippen molar-refractivity contribution in [3.05, 3.63) is 42.5 Å². The van der Waals surface area contributed by atoms with Gasteiger partial charge in [0, 0.05) is 29.6 Å². The molecule has 2 fully saturated rings. The van der Waals surface area contributed by atoms with Crippen molar-refractivity contribution >= 4 is 5.97 Å². The highest BCUT2D eigenvalue weighted by Gasteiger charge is 2.45. The summed E-state index contributed by atoms with van der Waals surface area (Å²) < 4.78 is 44.2. The number of nitrogens with zero attached hydrogens (tertiary/aromatic N) is 2. The minimum atomic E-state index is -4.10. The lowest BCUT2D eigenvalue weighted by molar-refractivity contribution is -0.184. The van der Waals surface area contributed by atoms with Crippen LogP contribution in [0.5, 0.6) is 5.75 Å². The predicted octanol–water partition coefficient (Wildman–Crippen LogP) is 5.08. The summed E-state index contributed by atoms with van der Waals surface area (Å²) in [5.41, 5.74) is 2.46. The van der Waals surface area contributed by atoms with Crippen LogP contribution in [-0.4, -0.2) is 33.8 Å². The van der Waals surface area contributed by atoms with Crippen molar-refractivity contribution in [1.82, 2.24) is 9.97 Å². The molecule has 1 N–H and O–H groups in total. The first-order valence-corrected chi connectivity index (χ1v) is 10.1. The molecular formula is C22H23F3N2O3. The third-order valence-electron chi connectivity index (χ3n) is 6.11. The number of carboxylic acids is 1. The van der Waals surface area contributed by atoms with E-state index < -0.39 is 18.1 Å². The van der Waals surface area contributed by atoms with Crippen molar-refractivity contribution in [2.45, 2.75) is 44.2 Å². The lowest BCUT2D eigenvalue weighted by Crippen LogP contribution is -2.29. The van der Waals surface area contributed by atoms with E-state index >= 15 is 0 Å². The molecule has 2 saturated carbocycles. The average Bonchev–Trinajstić information content (AvgIpc) is 3.54. The molecule has 0 aliphatic heterocycles. The van der Waals surface area contributed by atoms with Gasteiger partial charge in [0.2, 0.25) is 0 Å². The van der Waals surface area contributed by atoms with E-state index in [1.807, 2.05) is 18.2 Å². The molecule has 0 radical (unpaired) electrons. The van der Waals surface area contributed by atoms with Crippen molar-refractivity contribution in [3.8, 4) is 16.9 Å². The van der Waals surface area contributed by atoms with Crippen molar-refractivity contribution in [2.75, 3.05) is 6.61 Å². The van der Waals surface area contributed by atoms with Crippen LogP contribution in [0.4, 0.5) is 13.2 Å². The average molecular weight is 420 g/mol. The number of hydrogen-bond donors (Lipinski definition) is 1. The smallest absolute Gasteiger partial charge is 0.391 e. The number of ether oxygens (including phenoxy) is 1. The van der Waals surface area contributed by atoms with Gasteiger partial charge in [-0.1, -0.05) is 0 Å². The lowest BCUT2D eigenvalue weighted by atomic mass is 9.82. The Hall–Kier alpha value is -2.64. The summed E-state index contributed by atoms with van der Waals surface area (Å²) >= 11 is 0. The summed E-state index contributed by atoms with van der Waals surface area (Å²) in [7, 11) is 0. The zero-order chi connectivity index (χ0) is 21.3. The molecule has 4 rings (SSSR count). The van der Waals surface area contributed by atoms with E-state index in [0.717, 1.165) is 16.8 Å². The summed E-state index contributed by atoms with van der Waals surface area (Å²) in [6.07, 6.45) is 2.80. The van der Waals surface area contributed by atoms with E-state index in [9.17, 15) is 18.0 Å². The van der Waals surface area contributed by atoms with E-state index in [4.69, 9.17) is 9.84 Å². The largest absolute Gasteiger partial charge is 0.492 e. The zero-order valence-corrected chi connectivity index (χ0v) is 16.3. The van der Waals surface area contributed by atoms with Gasteiger partial charge in [-0.05, 0) is 61.8 Å². The van der Waals surface area contributed by atoms with Crippen LogP contribution in [0.2, 0.25) is 0 Å². The number of aromatic nitrogens is 2. The summed E-state index contributed by atoms with van der Waals surface area (Å²) in [4.78, 5) is 19.6. The van der Waals surface area contributed by atoms with Crippen LogP contribution in [0.15, 0.2) is 36.8 Å². The third-order valence-corrected chi connectivity index (χ3v) is 6.11. The first-order chi connectivity index (χ1) is 14.3. The molecule has 30 heavy (non-hydrogen) atoms. The monoisotopic (exact) mass is 420 g/mol. The van der Waals surface area contributed by atoms with Gasteiger partial charge in [0.1, 0.15) is 5.75 Å². The number of carboxylic acid groups (broad SMARTS) is 1. The molecule has 2 aliphatic rings. The number of hydrogen-bond acceptors (Lipinski definition) is 4. The van der Waals surface area contributed by atoms with Crippen LogP contribution in [0.25, 0.3) is 11.1 Å². The Kier molecular flexibility index (Phi) is 5.66. The van der Waals surface area contributed by atoms with Crippen molar-refractivity contribution in [3.63, 3.8) is 0 Å². The lowest BCUT2D eigenvalue weighted by Gasteiger charge is -2.29. The van der Waals surface area contributed by atoms with Crippen LogP contribution in [-0.2, 0) is 4.79 Å². The van der Waals surface area contributed by atoms with Gasteiger partial charge in [0.15, 0.2) is 0 Å². The number of carbonyl (C=O) groups is 1. The molecule has 2 aromatic heterocycles. The van der Waals surface area contributed by atoms with Crippen molar-refractivity contribution in [2.24, 2.45) is 17.8 Å². The highest BCUT2D eigenvalue weighted by Crippen LogP contribution is 2.47. The molecule has 0 amide bonds. The SMILES string of the molecule is O=C(O)[C@@H]1C[C@H]1c1cc(-c2cncc(OCC3CCC(C(F)(F)F)CC3)c2)ccn1. The quantitative estimate of drug-likeness (QED) is 0.706. The Labute approximate surface area is 172 Å². The summed E-state index contributed by atoms with van der Waals surface area (Å²) in [6, 6.07) is 5.56. The third kappa shape index (κ3) is 4.74. The van der Waals surface area contributed by atoms with Crippen LogP contribution in [0.3, 0.4) is 0 Å². The first kappa shape index (κ1) is 20.6. The molecular weight excluding hydrogens is 397 g/mol. The number of halogens is 3. The normalized spacial score (nSPS) is 26.2. The van der Waals surface area contributed by atoms with Crippen LogP contribution in [0.1, 0.15) is 43.7 Å². The fraction of sp³-hybridized carbons (Fsp3) is 0.500. The van der Waals surface area contributed by atoms with E-state index in [2.05, 4.69) is 9.97 Å². The van der Waals surface area contributed by atoms with Gasteiger partial charge in [-0.3, -0.25) is 14.8 Å². The molecule has 2 atom stereocenters.